The first-order chi connectivity index (χ1) is 10.8. The number of aromatic nitrogens is 2. The summed E-state index contributed by atoms with van der Waals surface area (Å²) in [5, 5.41) is 3.44. The molecule has 0 spiro atoms. The van der Waals surface area contributed by atoms with Crippen molar-refractivity contribution in [3.8, 4) is 11.8 Å². The molecule has 23 heavy (non-hydrogen) atoms. The number of carbonyl (C=O) groups excluding carboxylic acids is 1. The fourth-order valence-electron chi connectivity index (χ4n) is 1.86. The van der Waals surface area contributed by atoms with Gasteiger partial charge in [-0.3, -0.25) is 0 Å². The quantitative estimate of drug-likeness (QED) is 0.657. The molecule has 1 aromatic carbocycles. The monoisotopic (exact) mass is 312 g/mol. The fraction of sp³-hybridized carbons (Fsp3) is 0.353. The molecule has 0 saturated heterocycles. The van der Waals surface area contributed by atoms with Crippen molar-refractivity contribution in [3.05, 3.63) is 30.1 Å². The lowest BCUT2D eigenvalue weighted by Gasteiger charge is -2.19. The van der Waals surface area contributed by atoms with Gasteiger partial charge in [-0.1, -0.05) is 11.8 Å². The molecule has 1 heterocycles. The molecule has 1 aromatic heterocycles. The molecular formula is C17H20N4O2. The third-order valence-corrected chi connectivity index (χ3v) is 2.82. The van der Waals surface area contributed by atoms with Crippen molar-refractivity contribution in [2.45, 2.75) is 32.8 Å². The first-order valence-corrected chi connectivity index (χ1v) is 7.31. The van der Waals surface area contributed by atoms with Gasteiger partial charge in [0.15, 0.2) is 0 Å². The molecule has 0 radical (unpaired) electrons. The van der Waals surface area contributed by atoms with Crippen LogP contribution in [0.2, 0.25) is 0 Å². The summed E-state index contributed by atoms with van der Waals surface area (Å²) < 4.78 is 5.14. The Bertz CT molecular complexity index is 769. The maximum Gasteiger partial charge on any atom is 0.407 e. The standard InChI is InChI=1S/C17H20N4O2/c1-17(2,3)23-16(22)19-9-5-4-6-12-7-8-14-13(10-12)15(18)21-11-20-14/h7-8,10-11H,5,9H2,1-3H3,(H,19,22)(H2,18,20,21). The van der Waals surface area contributed by atoms with Crippen molar-refractivity contribution in [1.29, 1.82) is 0 Å². The number of alkyl carbamates (subject to hydrolysis) is 1. The van der Waals surface area contributed by atoms with Crippen molar-refractivity contribution in [2.75, 3.05) is 12.3 Å². The highest BCUT2D eigenvalue weighted by molar-refractivity contribution is 5.88. The topological polar surface area (TPSA) is 90.1 Å². The van der Waals surface area contributed by atoms with Crippen LogP contribution in [-0.4, -0.2) is 28.2 Å². The van der Waals surface area contributed by atoms with Crippen LogP contribution in [0.4, 0.5) is 10.6 Å². The number of fused-ring (bicyclic) bond motifs is 1. The van der Waals surface area contributed by atoms with Crippen LogP contribution in [0.15, 0.2) is 24.5 Å². The molecule has 2 rings (SSSR count). The van der Waals surface area contributed by atoms with E-state index in [1.54, 1.807) is 0 Å². The Morgan fingerprint density at radius 1 is 1.35 bits per heavy atom. The number of hydrogen-bond acceptors (Lipinski definition) is 5. The molecule has 0 atom stereocenters. The molecule has 0 fully saturated rings. The summed E-state index contributed by atoms with van der Waals surface area (Å²) in [4.78, 5) is 19.6. The number of benzene rings is 1. The zero-order chi connectivity index (χ0) is 16.9. The van der Waals surface area contributed by atoms with Gasteiger partial charge in [0.1, 0.15) is 17.7 Å². The van der Waals surface area contributed by atoms with Crippen molar-refractivity contribution >= 4 is 22.8 Å². The van der Waals surface area contributed by atoms with Gasteiger partial charge in [-0.25, -0.2) is 14.8 Å². The van der Waals surface area contributed by atoms with Crippen LogP contribution in [-0.2, 0) is 4.74 Å². The zero-order valence-corrected chi connectivity index (χ0v) is 13.5. The summed E-state index contributed by atoms with van der Waals surface area (Å²) in [5.74, 6) is 6.47. The first-order valence-electron chi connectivity index (χ1n) is 7.31. The minimum absolute atomic E-state index is 0.431. The molecule has 2 aromatic rings. The number of anilines is 1. The van der Waals surface area contributed by atoms with E-state index in [4.69, 9.17) is 10.5 Å². The van der Waals surface area contributed by atoms with Gasteiger partial charge >= 0.3 is 6.09 Å². The lowest BCUT2D eigenvalue weighted by molar-refractivity contribution is 0.0529. The third-order valence-electron chi connectivity index (χ3n) is 2.82. The smallest absolute Gasteiger partial charge is 0.407 e. The van der Waals surface area contributed by atoms with Crippen LogP contribution < -0.4 is 11.1 Å². The SMILES string of the molecule is CC(C)(C)OC(=O)NCCC#Cc1ccc2ncnc(N)c2c1. The molecule has 3 N–H and O–H groups in total. The first kappa shape index (κ1) is 16.6. The molecule has 120 valence electrons. The van der Waals surface area contributed by atoms with Crippen molar-refractivity contribution < 1.29 is 9.53 Å². The number of hydrogen-bond donors (Lipinski definition) is 2. The Labute approximate surface area is 135 Å². The lowest BCUT2D eigenvalue weighted by atomic mass is 10.1. The highest BCUT2D eigenvalue weighted by Crippen LogP contribution is 2.17. The molecular weight excluding hydrogens is 292 g/mol. The van der Waals surface area contributed by atoms with Gasteiger partial charge in [0.05, 0.1) is 5.52 Å². The van der Waals surface area contributed by atoms with Crippen LogP contribution in [0.3, 0.4) is 0 Å². The molecule has 0 unspecified atom stereocenters. The second kappa shape index (κ2) is 6.97. The van der Waals surface area contributed by atoms with Crippen molar-refractivity contribution in [2.24, 2.45) is 0 Å². The van der Waals surface area contributed by atoms with Crippen LogP contribution in [0.1, 0.15) is 32.8 Å². The molecule has 6 nitrogen and oxygen atoms in total. The average Bonchev–Trinajstić information content (AvgIpc) is 2.46. The minimum Gasteiger partial charge on any atom is -0.444 e. The predicted octanol–water partition coefficient (Wildman–Crippen LogP) is 2.48. The van der Waals surface area contributed by atoms with E-state index in [-0.39, 0.29) is 0 Å². The number of nitrogens with one attached hydrogen (secondary N) is 1. The number of ether oxygens (including phenoxy) is 1. The Kier molecular flexibility index (Phi) is 5.02. The molecule has 0 aliphatic rings. The van der Waals surface area contributed by atoms with E-state index in [9.17, 15) is 4.79 Å². The molecule has 1 amide bonds. The number of nitrogen functional groups attached to an aromatic ring is 1. The number of nitrogens with zero attached hydrogens (tertiary/aromatic N) is 2. The molecule has 6 heteroatoms. The summed E-state index contributed by atoms with van der Waals surface area (Å²) in [6, 6.07) is 5.60. The maximum atomic E-state index is 11.5. The van der Waals surface area contributed by atoms with Gasteiger partial charge in [-0.2, -0.15) is 0 Å². The van der Waals surface area contributed by atoms with Crippen molar-refractivity contribution in [3.63, 3.8) is 0 Å². The van der Waals surface area contributed by atoms with Crippen LogP contribution in [0.25, 0.3) is 10.9 Å². The predicted molar refractivity (Wildman–Crippen MR) is 89.7 cm³/mol. The Morgan fingerprint density at radius 3 is 2.87 bits per heavy atom. The summed E-state index contributed by atoms with van der Waals surface area (Å²) in [5.41, 5.74) is 6.94. The van der Waals surface area contributed by atoms with Crippen LogP contribution >= 0.6 is 0 Å². The number of nitrogens with two attached hydrogens (primary N) is 1. The fourth-order valence-corrected chi connectivity index (χ4v) is 1.86. The molecule has 0 bridgehead atoms. The maximum absolute atomic E-state index is 11.5. The van der Waals surface area contributed by atoms with E-state index in [1.165, 1.54) is 6.33 Å². The van der Waals surface area contributed by atoms with E-state index in [0.29, 0.717) is 18.8 Å². The van der Waals surface area contributed by atoms with Gasteiger partial charge in [0.25, 0.3) is 0 Å². The van der Waals surface area contributed by atoms with E-state index in [1.807, 2.05) is 39.0 Å². The Hall–Kier alpha value is -2.81. The van der Waals surface area contributed by atoms with Gasteiger partial charge < -0.3 is 15.8 Å². The van der Waals surface area contributed by atoms with Gasteiger partial charge in [0.2, 0.25) is 0 Å². The number of amides is 1. The molecule has 0 aliphatic heterocycles. The lowest BCUT2D eigenvalue weighted by Crippen LogP contribution is -2.32. The second-order valence-electron chi connectivity index (χ2n) is 5.97. The average molecular weight is 312 g/mol. The van der Waals surface area contributed by atoms with E-state index in [0.717, 1.165) is 16.5 Å². The number of rotatable bonds is 2. The molecule has 0 aliphatic carbocycles. The second-order valence-corrected chi connectivity index (χ2v) is 5.97. The minimum atomic E-state index is -0.497. The largest absolute Gasteiger partial charge is 0.444 e. The highest BCUT2D eigenvalue weighted by atomic mass is 16.6. The van der Waals surface area contributed by atoms with E-state index < -0.39 is 11.7 Å². The van der Waals surface area contributed by atoms with Gasteiger partial charge in [-0.05, 0) is 39.0 Å². The van der Waals surface area contributed by atoms with Crippen LogP contribution in [0, 0.1) is 11.8 Å². The number of carbonyl (C=O) groups is 1. The Balaban J connectivity index is 1.90. The van der Waals surface area contributed by atoms with Crippen LogP contribution in [0.5, 0.6) is 0 Å². The third kappa shape index (κ3) is 5.15. The van der Waals surface area contributed by atoms with Gasteiger partial charge in [0, 0.05) is 23.9 Å². The molecule has 0 saturated carbocycles. The van der Waals surface area contributed by atoms with Gasteiger partial charge in [-0.15, -0.1) is 0 Å². The van der Waals surface area contributed by atoms with E-state index >= 15 is 0 Å². The van der Waals surface area contributed by atoms with Crippen molar-refractivity contribution in [1.82, 2.24) is 15.3 Å². The summed E-state index contributed by atoms with van der Waals surface area (Å²) >= 11 is 0. The zero-order valence-electron chi connectivity index (χ0n) is 13.5. The normalized spacial score (nSPS) is 10.7. The summed E-state index contributed by atoms with van der Waals surface area (Å²) in [6.07, 6.45) is 1.53. The summed E-state index contributed by atoms with van der Waals surface area (Å²) in [7, 11) is 0. The summed E-state index contributed by atoms with van der Waals surface area (Å²) in [6.45, 7) is 5.89. The Morgan fingerprint density at radius 2 is 2.13 bits per heavy atom. The highest BCUT2D eigenvalue weighted by Gasteiger charge is 2.15. The van der Waals surface area contributed by atoms with E-state index in [2.05, 4.69) is 27.1 Å².